The molecule has 9 heteroatoms. The van der Waals surface area contributed by atoms with Crippen LogP contribution in [-0.4, -0.2) is 45.1 Å². The molecule has 172 valence electrons. The predicted molar refractivity (Wildman–Crippen MR) is 126 cm³/mol. The van der Waals surface area contributed by atoms with Crippen LogP contribution in [-0.2, 0) is 19.4 Å². The molecule has 0 spiro atoms. The van der Waals surface area contributed by atoms with Gasteiger partial charge in [0, 0.05) is 36.0 Å². The average molecular weight is 449 g/mol. The van der Waals surface area contributed by atoms with E-state index < -0.39 is 0 Å². The highest BCUT2D eigenvalue weighted by molar-refractivity contribution is 6.05. The minimum absolute atomic E-state index is 0.267. The number of methoxy groups -OCH3 is 2. The van der Waals surface area contributed by atoms with Gasteiger partial charge in [-0.15, -0.1) is 0 Å². The van der Waals surface area contributed by atoms with Crippen LogP contribution >= 0.6 is 0 Å². The van der Waals surface area contributed by atoms with Crippen molar-refractivity contribution in [2.45, 2.75) is 33.2 Å². The second-order valence-electron chi connectivity index (χ2n) is 8.31. The molecule has 0 bridgehead atoms. The third-order valence-electron chi connectivity index (χ3n) is 5.24. The molecule has 3 aromatic heterocycles. The quantitative estimate of drug-likeness (QED) is 0.403. The van der Waals surface area contributed by atoms with Crippen LogP contribution in [0.2, 0.25) is 0 Å². The molecule has 33 heavy (non-hydrogen) atoms. The van der Waals surface area contributed by atoms with E-state index >= 15 is 0 Å². The number of aromatic amines is 1. The van der Waals surface area contributed by atoms with E-state index in [4.69, 9.17) is 9.47 Å². The summed E-state index contributed by atoms with van der Waals surface area (Å²) in [4.78, 5) is 17.2. The molecule has 0 atom stereocenters. The van der Waals surface area contributed by atoms with Gasteiger partial charge < -0.3 is 14.8 Å². The maximum Gasteiger partial charge on any atom is 0.258 e. The summed E-state index contributed by atoms with van der Waals surface area (Å²) in [7, 11) is 3.26. The van der Waals surface area contributed by atoms with Crippen molar-refractivity contribution >= 4 is 22.8 Å². The van der Waals surface area contributed by atoms with Crippen molar-refractivity contribution in [2.75, 3.05) is 19.5 Å². The summed E-state index contributed by atoms with van der Waals surface area (Å²) in [6.45, 7) is 5.03. The van der Waals surface area contributed by atoms with Crippen molar-refractivity contribution in [2.24, 2.45) is 5.92 Å². The monoisotopic (exact) mass is 448 g/mol. The summed E-state index contributed by atoms with van der Waals surface area (Å²) in [6, 6.07) is 9.43. The third-order valence-corrected chi connectivity index (χ3v) is 5.24. The fraction of sp³-hybridized carbons (Fsp3) is 0.333. The van der Waals surface area contributed by atoms with Crippen LogP contribution in [0.25, 0.3) is 11.0 Å². The number of carbonyl (C=O) groups excluding carboxylic acids is 1. The number of pyridine rings is 1. The number of nitrogens with zero attached hydrogens (tertiary/aromatic N) is 4. The number of hydrogen-bond acceptors (Lipinski definition) is 6. The number of ether oxygens (including phenoxy) is 2. The fourth-order valence-corrected chi connectivity index (χ4v) is 3.61. The molecule has 0 radical (unpaired) electrons. The van der Waals surface area contributed by atoms with Gasteiger partial charge in [0.15, 0.2) is 11.5 Å². The van der Waals surface area contributed by atoms with Crippen molar-refractivity contribution in [3.8, 4) is 11.5 Å². The topological polar surface area (TPSA) is 107 Å². The summed E-state index contributed by atoms with van der Waals surface area (Å²) in [5.41, 5.74) is 3.23. The molecule has 1 aromatic carbocycles. The molecule has 2 N–H and O–H groups in total. The van der Waals surface area contributed by atoms with E-state index in [0.717, 1.165) is 53.2 Å². The van der Waals surface area contributed by atoms with Crippen molar-refractivity contribution in [3.63, 3.8) is 0 Å². The first-order chi connectivity index (χ1) is 15.9. The maximum absolute atomic E-state index is 12.7. The number of amides is 1. The van der Waals surface area contributed by atoms with Crippen LogP contribution in [0.3, 0.4) is 0 Å². The van der Waals surface area contributed by atoms with Gasteiger partial charge in [-0.1, -0.05) is 13.8 Å². The minimum Gasteiger partial charge on any atom is -0.497 e. The van der Waals surface area contributed by atoms with Crippen LogP contribution in [0.1, 0.15) is 35.5 Å². The van der Waals surface area contributed by atoms with E-state index in [2.05, 4.69) is 39.4 Å². The zero-order valence-corrected chi connectivity index (χ0v) is 19.3. The largest absolute Gasteiger partial charge is 0.497 e. The van der Waals surface area contributed by atoms with Crippen molar-refractivity contribution in [3.05, 3.63) is 59.5 Å². The molecule has 4 rings (SSSR count). The summed E-state index contributed by atoms with van der Waals surface area (Å²) >= 11 is 0. The Morgan fingerprint density at radius 3 is 2.52 bits per heavy atom. The minimum atomic E-state index is -0.267. The number of nitrogens with one attached hydrogen (secondary N) is 2. The lowest BCUT2D eigenvalue weighted by Gasteiger charge is -2.08. The summed E-state index contributed by atoms with van der Waals surface area (Å²) in [5.74, 6) is 2.16. The highest BCUT2D eigenvalue weighted by atomic mass is 16.5. The normalized spacial score (nSPS) is 11.2. The lowest BCUT2D eigenvalue weighted by Crippen LogP contribution is -2.13. The summed E-state index contributed by atoms with van der Waals surface area (Å²) in [5, 5.41) is 15.2. The van der Waals surface area contributed by atoms with Crippen molar-refractivity contribution in [1.82, 2.24) is 25.0 Å². The molecule has 0 saturated carbocycles. The van der Waals surface area contributed by atoms with Crippen molar-refractivity contribution in [1.29, 1.82) is 0 Å². The standard InChI is InChI=1S/C24H28N6O3/c1-15(2)14-30-23-17(13-26-30)9-18(12-25-23)24(31)27-22-10-19(28-29-22)6-5-16-7-20(32-3)11-21(8-16)33-4/h7-13,15H,5-6,14H2,1-4H3,(H2,27,28,29,31). The first-order valence-corrected chi connectivity index (χ1v) is 10.8. The van der Waals surface area contributed by atoms with Crippen LogP contribution in [0.4, 0.5) is 5.82 Å². The van der Waals surface area contributed by atoms with E-state index in [1.807, 2.05) is 28.9 Å². The molecule has 0 unspecified atom stereocenters. The van der Waals surface area contributed by atoms with E-state index in [0.29, 0.717) is 17.3 Å². The molecule has 4 aromatic rings. The average Bonchev–Trinajstić information content (AvgIpc) is 3.43. The van der Waals surface area contributed by atoms with E-state index in [1.165, 1.54) is 0 Å². The zero-order chi connectivity index (χ0) is 23.4. The summed E-state index contributed by atoms with van der Waals surface area (Å²) < 4.78 is 12.5. The Morgan fingerprint density at radius 2 is 1.82 bits per heavy atom. The number of hydrogen-bond donors (Lipinski definition) is 2. The first-order valence-electron chi connectivity index (χ1n) is 10.8. The predicted octanol–water partition coefficient (Wildman–Crippen LogP) is 3.87. The van der Waals surface area contributed by atoms with Gasteiger partial charge in [0.05, 0.1) is 26.0 Å². The number of anilines is 1. The highest BCUT2D eigenvalue weighted by Crippen LogP contribution is 2.23. The van der Waals surface area contributed by atoms with Gasteiger partial charge in [0.2, 0.25) is 0 Å². The number of aryl methyl sites for hydroxylation is 2. The van der Waals surface area contributed by atoms with Gasteiger partial charge in [0.1, 0.15) is 11.5 Å². The van der Waals surface area contributed by atoms with Gasteiger partial charge in [-0.25, -0.2) is 9.67 Å². The number of benzene rings is 1. The maximum atomic E-state index is 12.7. The smallest absolute Gasteiger partial charge is 0.258 e. The van der Waals surface area contributed by atoms with Gasteiger partial charge in [0.25, 0.3) is 5.91 Å². The number of H-pyrrole nitrogens is 1. The van der Waals surface area contributed by atoms with Crippen LogP contribution in [0.15, 0.2) is 42.7 Å². The second-order valence-corrected chi connectivity index (χ2v) is 8.31. The van der Waals surface area contributed by atoms with Crippen LogP contribution in [0.5, 0.6) is 11.5 Å². The van der Waals surface area contributed by atoms with Crippen LogP contribution < -0.4 is 14.8 Å². The molecule has 0 aliphatic carbocycles. The van der Waals surface area contributed by atoms with Gasteiger partial charge in [-0.3, -0.25) is 9.89 Å². The molecule has 1 amide bonds. The van der Waals surface area contributed by atoms with Crippen LogP contribution in [0, 0.1) is 5.92 Å². The Balaban J connectivity index is 1.39. The fourth-order valence-electron chi connectivity index (χ4n) is 3.61. The molecule has 0 fully saturated rings. The SMILES string of the molecule is COc1cc(CCc2cc(NC(=O)c3cnc4c(cnn4CC(C)C)c3)n[nH]2)cc(OC)c1. The lowest BCUT2D eigenvalue weighted by molar-refractivity contribution is 0.102. The molecular weight excluding hydrogens is 420 g/mol. The molecular formula is C24H28N6O3. The zero-order valence-electron chi connectivity index (χ0n) is 19.3. The van der Waals surface area contributed by atoms with E-state index in [9.17, 15) is 4.79 Å². The Labute approximate surface area is 192 Å². The molecule has 0 saturated heterocycles. The van der Waals surface area contributed by atoms with Gasteiger partial charge >= 0.3 is 0 Å². The number of fused-ring (bicyclic) bond motifs is 1. The molecule has 9 nitrogen and oxygen atoms in total. The van der Waals surface area contributed by atoms with E-state index in [-0.39, 0.29) is 5.91 Å². The Morgan fingerprint density at radius 1 is 1.06 bits per heavy atom. The Kier molecular flexibility index (Phi) is 6.58. The summed E-state index contributed by atoms with van der Waals surface area (Å²) in [6.07, 6.45) is 4.80. The van der Waals surface area contributed by atoms with Gasteiger partial charge in [-0.2, -0.15) is 10.2 Å². The Hall–Kier alpha value is -3.88. The van der Waals surface area contributed by atoms with E-state index in [1.54, 1.807) is 32.7 Å². The molecule has 3 heterocycles. The molecule has 0 aliphatic rings. The van der Waals surface area contributed by atoms with Crippen molar-refractivity contribution < 1.29 is 14.3 Å². The number of carbonyl (C=O) groups is 1. The number of aromatic nitrogens is 5. The first kappa shape index (κ1) is 22.3. The third kappa shape index (κ3) is 5.31. The Bertz CT molecular complexity index is 1240. The highest BCUT2D eigenvalue weighted by Gasteiger charge is 2.13. The van der Waals surface area contributed by atoms with Gasteiger partial charge in [-0.05, 0) is 42.5 Å². The second kappa shape index (κ2) is 9.72. The lowest BCUT2D eigenvalue weighted by atomic mass is 10.1. The molecule has 0 aliphatic heterocycles. The number of rotatable bonds is 9.